The van der Waals surface area contributed by atoms with Gasteiger partial charge in [-0.2, -0.15) is 0 Å². The number of amidine groups is 1. The van der Waals surface area contributed by atoms with Gasteiger partial charge in [0.2, 0.25) is 5.91 Å². The van der Waals surface area contributed by atoms with E-state index in [9.17, 15) is 9.59 Å². The van der Waals surface area contributed by atoms with Gasteiger partial charge in [-0.15, -0.1) is 0 Å². The van der Waals surface area contributed by atoms with Crippen molar-refractivity contribution in [2.24, 2.45) is 4.99 Å². The van der Waals surface area contributed by atoms with Gasteiger partial charge in [0, 0.05) is 24.8 Å². The maximum Gasteiger partial charge on any atom is 0.338 e. The van der Waals surface area contributed by atoms with Crippen LogP contribution in [0.3, 0.4) is 0 Å². The molecule has 3 aliphatic rings. The first kappa shape index (κ1) is 25.3. The van der Waals surface area contributed by atoms with Crippen LogP contribution in [-0.4, -0.2) is 79.2 Å². The lowest BCUT2D eigenvalue weighted by Crippen LogP contribution is -2.45. The van der Waals surface area contributed by atoms with Crippen molar-refractivity contribution in [3.05, 3.63) is 52.2 Å². The van der Waals surface area contributed by atoms with Crippen LogP contribution in [0.1, 0.15) is 44.2 Å². The average molecular weight is 499 g/mol. The number of nitrogens with zero attached hydrogens (tertiary/aromatic N) is 4. The molecule has 1 unspecified atom stereocenters. The summed E-state index contributed by atoms with van der Waals surface area (Å²) in [4.78, 5) is 37.3. The van der Waals surface area contributed by atoms with E-state index in [1.165, 1.54) is 18.9 Å². The fourth-order valence-electron chi connectivity index (χ4n) is 4.94. The molecule has 35 heavy (non-hydrogen) atoms. The number of piperidine rings is 1. The molecular formula is C26H34N4O4S. The number of carbonyl (C=O) groups excluding carboxylic acids is 2. The minimum atomic E-state index is -0.450. The number of carbonyl (C=O) groups is 2. The molecule has 0 aromatic heterocycles. The highest BCUT2D eigenvalue weighted by Gasteiger charge is 2.42. The average Bonchev–Trinajstić information content (AvgIpc) is 3.29. The molecule has 0 spiro atoms. The number of benzene rings is 1. The third-order valence-corrected chi connectivity index (χ3v) is 7.81. The molecule has 188 valence electrons. The standard InChI is InChI=1S/C26H34N4O4S/c1-6-21-23(25(32)34-5)24(17-8-7-9-20(14-17)33-4)30-19(16-35-26(30)27-21)15-22(31)29-12-10-18(11-13-29)28(2)3/h7-9,14,16,18,24H,6,10-13,15H2,1-5H3. The second kappa shape index (κ2) is 10.9. The van der Waals surface area contributed by atoms with Gasteiger partial charge in [-0.3, -0.25) is 4.79 Å². The maximum atomic E-state index is 13.3. The number of esters is 1. The lowest BCUT2D eigenvalue weighted by atomic mass is 9.92. The van der Waals surface area contributed by atoms with E-state index in [2.05, 4.69) is 19.0 Å². The van der Waals surface area contributed by atoms with Gasteiger partial charge in [0.1, 0.15) is 5.75 Å². The molecule has 3 heterocycles. The van der Waals surface area contributed by atoms with Crippen LogP contribution < -0.4 is 4.74 Å². The first-order valence-corrected chi connectivity index (χ1v) is 12.9. The maximum absolute atomic E-state index is 13.3. The van der Waals surface area contributed by atoms with Crippen LogP contribution in [0.2, 0.25) is 0 Å². The molecular weight excluding hydrogens is 464 g/mol. The smallest absolute Gasteiger partial charge is 0.338 e. The second-order valence-corrected chi connectivity index (χ2v) is 9.96. The minimum Gasteiger partial charge on any atom is -0.497 e. The number of aliphatic imine (C=N–C) groups is 1. The van der Waals surface area contributed by atoms with Crippen molar-refractivity contribution >= 4 is 28.8 Å². The SMILES string of the molecule is CCC1=C(C(=O)OC)C(c2cccc(OC)c2)N2C(CC(=O)N3CCC(N(C)C)CC3)=CSC2=N1. The Morgan fingerprint density at radius 3 is 2.57 bits per heavy atom. The topological polar surface area (TPSA) is 74.7 Å². The molecule has 1 amide bonds. The Bertz CT molecular complexity index is 1070. The number of rotatable bonds is 7. The van der Waals surface area contributed by atoms with Gasteiger partial charge in [-0.1, -0.05) is 30.8 Å². The van der Waals surface area contributed by atoms with Gasteiger partial charge in [0.15, 0.2) is 5.17 Å². The summed E-state index contributed by atoms with van der Waals surface area (Å²) < 4.78 is 10.7. The number of amides is 1. The van der Waals surface area contributed by atoms with E-state index >= 15 is 0 Å². The molecule has 1 aromatic carbocycles. The van der Waals surface area contributed by atoms with Gasteiger partial charge in [-0.05, 0) is 56.5 Å². The number of allylic oxidation sites excluding steroid dienone is 1. The number of hydrogen-bond donors (Lipinski definition) is 0. The summed E-state index contributed by atoms with van der Waals surface area (Å²) in [5, 5.41) is 2.76. The Morgan fingerprint density at radius 2 is 1.94 bits per heavy atom. The third-order valence-electron chi connectivity index (χ3n) is 6.92. The first-order valence-electron chi connectivity index (χ1n) is 12.0. The van der Waals surface area contributed by atoms with Crippen LogP contribution in [0.5, 0.6) is 5.75 Å². The highest BCUT2D eigenvalue weighted by atomic mass is 32.2. The van der Waals surface area contributed by atoms with E-state index in [-0.39, 0.29) is 12.3 Å². The molecule has 8 nitrogen and oxygen atoms in total. The zero-order valence-corrected chi connectivity index (χ0v) is 21.9. The van der Waals surface area contributed by atoms with Crippen LogP contribution in [0.4, 0.5) is 0 Å². The summed E-state index contributed by atoms with van der Waals surface area (Å²) in [5.74, 6) is 0.390. The molecule has 0 bridgehead atoms. The first-order chi connectivity index (χ1) is 16.9. The number of thioether (sulfide) groups is 1. The molecule has 0 radical (unpaired) electrons. The Kier molecular flexibility index (Phi) is 7.86. The number of hydrogen-bond acceptors (Lipinski definition) is 8. The second-order valence-electron chi connectivity index (χ2n) is 9.13. The summed E-state index contributed by atoms with van der Waals surface area (Å²) in [7, 11) is 7.20. The van der Waals surface area contributed by atoms with E-state index < -0.39 is 12.0 Å². The van der Waals surface area contributed by atoms with Crippen molar-refractivity contribution < 1.29 is 19.1 Å². The van der Waals surface area contributed by atoms with E-state index in [1.54, 1.807) is 7.11 Å². The van der Waals surface area contributed by atoms with Crippen LogP contribution in [0, 0.1) is 0 Å². The van der Waals surface area contributed by atoms with Gasteiger partial charge >= 0.3 is 5.97 Å². The summed E-state index contributed by atoms with van der Waals surface area (Å²) in [6, 6.07) is 7.75. The van der Waals surface area contributed by atoms with Gasteiger partial charge in [-0.25, -0.2) is 9.79 Å². The normalized spacial score (nSPS) is 20.6. The molecule has 1 saturated heterocycles. The van der Waals surface area contributed by atoms with E-state index in [4.69, 9.17) is 14.5 Å². The van der Waals surface area contributed by atoms with E-state index in [1.807, 2.05) is 46.4 Å². The number of methoxy groups -OCH3 is 2. The number of likely N-dealkylation sites (tertiary alicyclic amines) is 1. The molecule has 0 N–H and O–H groups in total. The molecule has 4 rings (SSSR count). The Balaban J connectivity index is 1.64. The quantitative estimate of drug-likeness (QED) is 0.530. The van der Waals surface area contributed by atoms with Crippen LogP contribution in [-0.2, 0) is 14.3 Å². The van der Waals surface area contributed by atoms with Crippen molar-refractivity contribution in [2.75, 3.05) is 41.4 Å². The highest BCUT2D eigenvalue weighted by molar-refractivity contribution is 8.16. The summed E-state index contributed by atoms with van der Waals surface area (Å²) >= 11 is 1.50. The van der Waals surface area contributed by atoms with Crippen molar-refractivity contribution in [2.45, 2.75) is 44.7 Å². The molecule has 1 atom stereocenters. The molecule has 1 aromatic rings. The zero-order chi connectivity index (χ0) is 25.1. The minimum absolute atomic E-state index is 0.101. The summed E-state index contributed by atoms with van der Waals surface area (Å²) in [6.07, 6.45) is 2.81. The number of fused-ring (bicyclic) bond motifs is 1. The van der Waals surface area contributed by atoms with Crippen molar-refractivity contribution in [1.29, 1.82) is 0 Å². The lowest BCUT2D eigenvalue weighted by Gasteiger charge is -2.38. The highest BCUT2D eigenvalue weighted by Crippen LogP contribution is 2.46. The predicted octanol–water partition coefficient (Wildman–Crippen LogP) is 3.78. The fourth-order valence-corrected chi connectivity index (χ4v) is 5.88. The molecule has 0 saturated carbocycles. The van der Waals surface area contributed by atoms with Crippen LogP contribution in [0.15, 0.2) is 51.6 Å². The van der Waals surface area contributed by atoms with Crippen molar-refractivity contribution in [3.63, 3.8) is 0 Å². The number of ether oxygens (including phenoxy) is 2. The van der Waals surface area contributed by atoms with E-state index in [0.29, 0.717) is 29.5 Å². The Hall–Kier alpha value is -2.78. The van der Waals surface area contributed by atoms with Crippen LogP contribution in [0.25, 0.3) is 0 Å². The Morgan fingerprint density at radius 1 is 1.20 bits per heavy atom. The Labute approximate surface area is 211 Å². The largest absolute Gasteiger partial charge is 0.497 e. The summed E-state index contributed by atoms with van der Waals surface area (Å²) in [5.41, 5.74) is 2.93. The monoisotopic (exact) mass is 498 g/mol. The molecule has 1 fully saturated rings. The summed E-state index contributed by atoms with van der Waals surface area (Å²) in [6.45, 7) is 3.50. The van der Waals surface area contributed by atoms with E-state index in [0.717, 1.165) is 42.4 Å². The fraction of sp³-hybridized carbons (Fsp3) is 0.500. The molecule has 9 heteroatoms. The van der Waals surface area contributed by atoms with Gasteiger partial charge in [0.25, 0.3) is 0 Å². The van der Waals surface area contributed by atoms with Crippen molar-refractivity contribution in [3.8, 4) is 5.75 Å². The van der Waals surface area contributed by atoms with Crippen molar-refractivity contribution in [1.82, 2.24) is 14.7 Å². The van der Waals surface area contributed by atoms with Gasteiger partial charge in [0.05, 0.1) is 38.0 Å². The van der Waals surface area contributed by atoms with Crippen LogP contribution >= 0.6 is 11.8 Å². The molecule has 3 aliphatic heterocycles. The third kappa shape index (κ3) is 5.11. The van der Waals surface area contributed by atoms with Gasteiger partial charge < -0.3 is 24.2 Å². The zero-order valence-electron chi connectivity index (χ0n) is 21.1. The lowest BCUT2D eigenvalue weighted by molar-refractivity contribution is -0.136. The predicted molar refractivity (Wildman–Crippen MR) is 138 cm³/mol. The molecule has 0 aliphatic carbocycles.